The number of Topliss-reactive ketones (excluding diaryl/α,β-unsaturated/α-hetero) is 1. The van der Waals surface area contributed by atoms with Crippen molar-refractivity contribution >= 4 is 11.8 Å². The molecule has 0 aliphatic rings. The number of rotatable bonds is 9. The number of carbonyl (C=O) groups excluding carboxylic acids is 2. The number of ketones is 1. The van der Waals surface area contributed by atoms with Crippen LogP contribution in [0.4, 0.5) is 0 Å². The zero-order chi connectivity index (χ0) is 19.0. The number of benzene rings is 1. The molecule has 0 spiro atoms. The second kappa shape index (κ2) is 9.74. The molecular weight excluding hydrogens is 312 g/mol. The van der Waals surface area contributed by atoms with Gasteiger partial charge in [0.05, 0.1) is 13.0 Å². The Kier molecular flexibility index (Phi) is 8.34. The molecule has 1 aromatic rings. The Morgan fingerprint density at radius 1 is 1.00 bits per heavy atom. The first kappa shape index (κ1) is 21.4. The molecule has 0 aliphatic heterocycles. The molecule has 1 atom stereocenters. The maximum atomic E-state index is 12.3. The van der Waals surface area contributed by atoms with Gasteiger partial charge in [-0.1, -0.05) is 65.8 Å². The monoisotopic (exact) mass is 346 g/mol. The summed E-state index contributed by atoms with van der Waals surface area (Å²) in [7, 11) is 0. The Labute approximate surface area is 153 Å². The highest BCUT2D eigenvalue weighted by molar-refractivity contribution is 5.88. The molecule has 3 heteroatoms. The fourth-order valence-corrected chi connectivity index (χ4v) is 2.58. The summed E-state index contributed by atoms with van der Waals surface area (Å²) in [4.78, 5) is 24.1. The van der Waals surface area contributed by atoms with Crippen LogP contribution in [-0.2, 0) is 20.7 Å². The van der Waals surface area contributed by atoms with Crippen LogP contribution in [0.5, 0.6) is 0 Å². The van der Waals surface area contributed by atoms with Gasteiger partial charge < -0.3 is 4.74 Å². The molecule has 0 fully saturated rings. The summed E-state index contributed by atoms with van der Waals surface area (Å²) in [6, 6.07) is 8.25. The Hall–Kier alpha value is -1.64. The molecule has 1 aromatic carbocycles. The van der Waals surface area contributed by atoms with Gasteiger partial charge in [0.1, 0.15) is 5.78 Å². The zero-order valence-electron chi connectivity index (χ0n) is 16.7. The van der Waals surface area contributed by atoms with E-state index in [1.54, 1.807) is 0 Å². The Bertz CT molecular complexity index is 550. The van der Waals surface area contributed by atoms with Gasteiger partial charge in [-0.15, -0.1) is 0 Å². The first-order valence-corrected chi connectivity index (χ1v) is 9.35. The van der Waals surface area contributed by atoms with Gasteiger partial charge in [0.2, 0.25) is 0 Å². The van der Waals surface area contributed by atoms with E-state index < -0.39 is 0 Å². The standard InChI is InChI=1S/C22H34O3/c1-16(2)15-18-7-9-19(10-8-18)17(3)20(23)11-12-21(24)25-14-13-22(4,5)6/h7-10,16-17H,11-15H2,1-6H3. The molecule has 0 aromatic heterocycles. The van der Waals surface area contributed by atoms with Crippen molar-refractivity contribution in [1.29, 1.82) is 0 Å². The predicted octanol–water partition coefficient (Wildman–Crippen LogP) is 5.32. The number of hydrogen-bond acceptors (Lipinski definition) is 3. The summed E-state index contributed by atoms with van der Waals surface area (Å²) in [5, 5.41) is 0. The first-order valence-electron chi connectivity index (χ1n) is 9.35. The van der Waals surface area contributed by atoms with Crippen LogP contribution in [0.15, 0.2) is 24.3 Å². The van der Waals surface area contributed by atoms with E-state index in [9.17, 15) is 9.59 Å². The van der Waals surface area contributed by atoms with E-state index in [4.69, 9.17) is 4.74 Å². The summed E-state index contributed by atoms with van der Waals surface area (Å²) in [5.74, 6) is 0.242. The van der Waals surface area contributed by atoms with Crippen LogP contribution < -0.4 is 0 Å². The molecule has 0 aliphatic carbocycles. The second-order valence-electron chi connectivity index (χ2n) is 8.56. The minimum Gasteiger partial charge on any atom is -0.466 e. The number of carbonyl (C=O) groups is 2. The highest BCUT2D eigenvalue weighted by Gasteiger charge is 2.17. The third-order valence-electron chi connectivity index (χ3n) is 4.30. The lowest BCUT2D eigenvalue weighted by molar-refractivity contribution is -0.145. The minimum atomic E-state index is -0.280. The van der Waals surface area contributed by atoms with Crippen LogP contribution >= 0.6 is 0 Å². The van der Waals surface area contributed by atoms with E-state index in [-0.39, 0.29) is 35.9 Å². The average molecular weight is 347 g/mol. The Morgan fingerprint density at radius 3 is 2.12 bits per heavy atom. The van der Waals surface area contributed by atoms with Crippen LogP contribution in [0.25, 0.3) is 0 Å². The van der Waals surface area contributed by atoms with Gasteiger partial charge in [0.25, 0.3) is 0 Å². The van der Waals surface area contributed by atoms with Gasteiger partial charge in [-0.2, -0.15) is 0 Å². The van der Waals surface area contributed by atoms with Crippen molar-refractivity contribution in [3.8, 4) is 0 Å². The largest absolute Gasteiger partial charge is 0.466 e. The molecule has 0 saturated carbocycles. The number of esters is 1. The van der Waals surface area contributed by atoms with Gasteiger partial charge in [0, 0.05) is 12.3 Å². The summed E-state index contributed by atoms with van der Waals surface area (Å²) in [6.07, 6.45) is 2.27. The van der Waals surface area contributed by atoms with Crippen molar-refractivity contribution in [3.05, 3.63) is 35.4 Å². The van der Waals surface area contributed by atoms with Crippen LogP contribution in [0.1, 0.15) is 77.8 Å². The Morgan fingerprint density at radius 2 is 1.60 bits per heavy atom. The number of hydrogen-bond donors (Lipinski definition) is 0. The average Bonchev–Trinajstić information content (AvgIpc) is 2.51. The molecule has 0 radical (unpaired) electrons. The van der Waals surface area contributed by atoms with E-state index in [2.05, 4.69) is 46.8 Å². The molecule has 1 rings (SSSR count). The van der Waals surface area contributed by atoms with E-state index >= 15 is 0 Å². The first-order chi connectivity index (χ1) is 11.6. The summed E-state index contributed by atoms with van der Waals surface area (Å²) in [5.41, 5.74) is 2.45. The van der Waals surface area contributed by atoms with Crippen molar-refractivity contribution in [2.45, 2.75) is 73.1 Å². The summed E-state index contributed by atoms with van der Waals surface area (Å²) < 4.78 is 5.22. The van der Waals surface area contributed by atoms with Crippen molar-refractivity contribution in [2.24, 2.45) is 11.3 Å². The lowest BCUT2D eigenvalue weighted by Gasteiger charge is -2.17. The topological polar surface area (TPSA) is 43.4 Å². The maximum Gasteiger partial charge on any atom is 0.306 e. The van der Waals surface area contributed by atoms with Crippen molar-refractivity contribution in [1.82, 2.24) is 0 Å². The molecule has 0 N–H and O–H groups in total. The van der Waals surface area contributed by atoms with Gasteiger partial charge in [-0.25, -0.2) is 0 Å². The lowest BCUT2D eigenvalue weighted by Crippen LogP contribution is -2.15. The Balaban J connectivity index is 2.42. The number of ether oxygens (including phenoxy) is 1. The summed E-state index contributed by atoms with van der Waals surface area (Å²) >= 11 is 0. The third-order valence-corrected chi connectivity index (χ3v) is 4.30. The smallest absolute Gasteiger partial charge is 0.306 e. The fourth-order valence-electron chi connectivity index (χ4n) is 2.58. The van der Waals surface area contributed by atoms with Crippen molar-refractivity contribution in [2.75, 3.05) is 6.61 Å². The van der Waals surface area contributed by atoms with Gasteiger partial charge in [-0.05, 0) is 35.3 Å². The SMILES string of the molecule is CC(C)Cc1ccc(C(C)C(=O)CCC(=O)OCCC(C)(C)C)cc1. The minimum absolute atomic E-state index is 0.0874. The van der Waals surface area contributed by atoms with Crippen LogP contribution in [0, 0.1) is 11.3 Å². The van der Waals surface area contributed by atoms with Crippen molar-refractivity contribution in [3.63, 3.8) is 0 Å². The highest BCUT2D eigenvalue weighted by atomic mass is 16.5. The fraction of sp³-hybridized carbons (Fsp3) is 0.636. The second-order valence-corrected chi connectivity index (χ2v) is 8.56. The molecule has 140 valence electrons. The molecule has 0 amide bonds. The molecule has 25 heavy (non-hydrogen) atoms. The van der Waals surface area contributed by atoms with Crippen LogP contribution in [0.2, 0.25) is 0 Å². The highest BCUT2D eigenvalue weighted by Crippen LogP contribution is 2.21. The molecule has 3 nitrogen and oxygen atoms in total. The summed E-state index contributed by atoms with van der Waals surface area (Å²) in [6.45, 7) is 13.0. The predicted molar refractivity (Wildman–Crippen MR) is 103 cm³/mol. The van der Waals surface area contributed by atoms with E-state index in [0.29, 0.717) is 12.5 Å². The van der Waals surface area contributed by atoms with Crippen LogP contribution in [-0.4, -0.2) is 18.4 Å². The van der Waals surface area contributed by atoms with Gasteiger partial charge in [-0.3, -0.25) is 9.59 Å². The molecule has 1 unspecified atom stereocenters. The van der Waals surface area contributed by atoms with E-state index in [1.165, 1.54) is 5.56 Å². The molecule has 0 saturated heterocycles. The molecular formula is C22H34O3. The maximum absolute atomic E-state index is 12.3. The zero-order valence-corrected chi connectivity index (χ0v) is 16.7. The molecule has 0 heterocycles. The van der Waals surface area contributed by atoms with Gasteiger partial charge >= 0.3 is 5.97 Å². The van der Waals surface area contributed by atoms with E-state index in [1.807, 2.05) is 19.1 Å². The lowest BCUT2D eigenvalue weighted by atomic mass is 9.92. The van der Waals surface area contributed by atoms with Crippen molar-refractivity contribution < 1.29 is 14.3 Å². The quantitative estimate of drug-likeness (QED) is 0.569. The van der Waals surface area contributed by atoms with E-state index in [0.717, 1.165) is 18.4 Å². The molecule has 0 bridgehead atoms. The van der Waals surface area contributed by atoms with Crippen LogP contribution in [0.3, 0.4) is 0 Å². The third kappa shape index (κ3) is 8.85. The van der Waals surface area contributed by atoms with Gasteiger partial charge in [0.15, 0.2) is 0 Å². The normalized spacial score (nSPS) is 12.9.